The first-order valence-corrected chi connectivity index (χ1v) is 6.65. The van der Waals surface area contributed by atoms with Gasteiger partial charge < -0.3 is 6.16 Å². The van der Waals surface area contributed by atoms with Crippen LogP contribution < -0.4 is 29.6 Å². The number of hydrogen-bond acceptors (Lipinski definition) is 4. The van der Waals surface area contributed by atoms with Gasteiger partial charge >= 0.3 is 50.9 Å². The van der Waals surface area contributed by atoms with Crippen molar-refractivity contribution in [3.8, 4) is 0 Å². The van der Waals surface area contributed by atoms with E-state index in [4.69, 9.17) is 4.55 Å². The van der Waals surface area contributed by atoms with Crippen LogP contribution in [0.3, 0.4) is 0 Å². The molecule has 0 saturated heterocycles. The summed E-state index contributed by atoms with van der Waals surface area (Å²) in [5.41, 5.74) is 0. The van der Waals surface area contributed by atoms with Crippen molar-refractivity contribution in [2.24, 2.45) is 0 Å². The van der Waals surface area contributed by atoms with Crippen LogP contribution >= 0.6 is 0 Å². The summed E-state index contributed by atoms with van der Waals surface area (Å²) in [5, 5.41) is -4.45. The van der Waals surface area contributed by atoms with E-state index in [2.05, 4.69) is 4.74 Å². The Kier molecular flexibility index (Phi) is 10.5. The predicted molar refractivity (Wildman–Crippen MR) is 57.3 cm³/mol. The number of carbonyl (C=O) groups excluding carboxylic acids is 1. The molecule has 0 bridgehead atoms. The average Bonchev–Trinajstić information content (AvgIpc) is 2.20. The number of unbranched alkanes of at least 4 members (excludes halogenated alkanes) is 3. The molecule has 0 heterocycles. The second kappa shape index (κ2) is 9.19. The monoisotopic (exact) mass is 298 g/mol. The summed E-state index contributed by atoms with van der Waals surface area (Å²) in [4.78, 5) is 10.9. The predicted octanol–water partition coefficient (Wildman–Crippen LogP) is -0.903. The molecule has 0 aromatic heterocycles. The second-order valence-electron chi connectivity index (χ2n) is 3.58. The SMILES string of the molecule is CCCCCCC(=O)OCC(F)(F)S(=O)(=O)O.[H-].[Na+]. The van der Waals surface area contributed by atoms with Gasteiger partial charge in [0.05, 0.1) is 0 Å². The first-order chi connectivity index (χ1) is 7.70. The van der Waals surface area contributed by atoms with Crippen LogP contribution in [0.4, 0.5) is 8.78 Å². The van der Waals surface area contributed by atoms with E-state index in [0.29, 0.717) is 6.42 Å². The summed E-state index contributed by atoms with van der Waals surface area (Å²) in [6, 6.07) is 0. The van der Waals surface area contributed by atoms with Crippen LogP contribution in [-0.4, -0.2) is 30.8 Å². The van der Waals surface area contributed by atoms with E-state index in [1.807, 2.05) is 6.92 Å². The zero-order valence-electron chi connectivity index (χ0n) is 11.5. The van der Waals surface area contributed by atoms with E-state index in [0.717, 1.165) is 19.3 Å². The van der Waals surface area contributed by atoms with Crippen LogP contribution in [0, 0.1) is 0 Å². The summed E-state index contributed by atoms with van der Waals surface area (Å²) in [6.45, 7) is 0.323. The van der Waals surface area contributed by atoms with Crippen molar-refractivity contribution in [2.45, 2.75) is 44.3 Å². The minimum absolute atomic E-state index is 0. The van der Waals surface area contributed by atoms with E-state index in [1.54, 1.807) is 0 Å². The van der Waals surface area contributed by atoms with Crippen molar-refractivity contribution in [1.82, 2.24) is 0 Å². The van der Waals surface area contributed by atoms with E-state index in [1.165, 1.54) is 0 Å². The van der Waals surface area contributed by atoms with Gasteiger partial charge in [0, 0.05) is 6.42 Å². The van der Waals surface area contributed by atoms with Gasteiger partial charge in [0.15, 0.2) is 6.61 Å². The third-order valence-electron chi connectivity index (χ3n) is 2.01. The smallest absolute Gasteiger partial charge is 1.00 e. The normalized spacial score (nSPS) is 11.8. The van der Waals surface area contributed by atoms with E-state index in [-0.39, 0.29) is 37.4 Å². The topological polar surface area (TPSA) is 80.7 Å². The molecule has 0 amide bonds. The van der Waals surface area contributed by atoms with Crippen molar-refractivity contribution in [2.75, 3.05) is 6.61 Å². The van der Waals surface area contributed by atoms with E-state index < -0.39 is 27.9 Å². The number of ether oxygens (including phenoxy) is 1. The molecule has 0 radical (unpaired) electrons. The quantitative estimate of drug-likeness (QED) is 0.272. The van der Waals surface area contributed by atoms with Crippen LogP contribution in [0.15, 0.2) is 0 Å². The molecule has 0 spiro atoms. The Hall–Kier alpha value is 0.240. The Morgan fingerprint density at radius 1 is 1.33 bits per heavy atom. The van der Waals surface area contributed by atoms with E-state index >= 15 is 0 Å². The summed E-state index contributed by atoms with van der Waals surface area (Å²) in [5.74, 6) is -0.899. The Labute approximate surface area is 129 Å². The molecule has 5 nitrogen and oxygen atoms in total. The number of rotatable bonds is 8. The van der Waals surface area contributed by atoms with Crippen LogP contribution in [0.1, 0.15) is 40.5 Å². The van der Waals surface area contributed by atoms with Gasteiger partial charge in [-0.2, -0.15) is 17.2 Å². The molecule has 0 aliphatic carbocycles. The van der Waals surface area contributed by atoms with Crippen LogP contribution in [-0.2, 0) is 19.6 Å². The Morgan fingerprint density at radius 3 is 2.33 bits per heavy atom. The number of esters is 1. The van der Waals surface area contributed by atoms with Gasteiger partial charge in [-0.15, -0.1) is 0 Å². The average molecular weight is 298 g/mol. The van der Waals surface area contributed by atoms with Gasteiger partial charge in [-0.05, 0) is 6.42 Å². The molecule has 0 unspecified atom stereocenters. The summed E-state index contributed by atoms with van der Waals surface area (Å²) >= 11 is 0. The molecule has 9 heteroatoms. The Balaban J connectivity index is -0.00000128. The van der Waals surface area contributed by atoms with Gasteiger partial charge in [-0.3, -0.25) is 9.35 Å². The maximum atomic E-state index is 12.6. The molecule has 0 aromatic rings. The van der Waals surface area contributed by atoms with Gasteiger partial charge in [-0.1, -0.05) is 26.2 Å². The van der Waals surface area contributed by atoms with Crippen LogP contribution in [0.5, 0.6) is 0 Å². The van der Waals surface area contributed by atoms with Crippen molar-refractivity contribution >= 4 is 16.1 Å². The molecule has 1 N–H and O–H groups in total. The molecule has 0 aromatic carbocycles. The zero-order chi connectivity index (χ0) is 13.5. The molecule has 0 saturated carbocycles. The maximum Gasteiger partial charge on any atom is 1.00 e. The van der Waals surface area contributed by atoms with Gasteiger partial charge in [-0.25, -0.2) is 0 Å². The molecule has 18 heavy (non-hydrogen) atoms. The maximum absolute atomic E-state index is 12.6. The first-order valence-electron chi connectivity index (χ1n) is 5.21. The first kappa shape index (κ1) is 20.6. The summed E-state index contributed by atoms with van der Waals surface area (Å²) in [7, 11) is -5.54. The summed E-state index contributed by atoms with van der Waals surface area (Å²) < 4.78 is 57.8. The van der Waals surface area contributed by atoms with E-state index in [9.17, 15) is 22.0 Å². The van der Waals surface area contributed by atoms with Crippen molar-refractivity contribution in [3.63, 3.8) is 0 Å². The minimum atomic E-state index is -5.54. The molecule has 0 aliphatic rings. The fourth-order valence-electron chi connectivity index (χ4n) is 1.01. The third-order valence-corrected chi connectivity index (χ3v) is 2.89. The van der Waals surface area contributed by atoms with Crippen LogP contribution in [0.25, 0.3) is 0 Å². The molecule has 104 valence electrons. The molecule has 0 aliphatic heterocycles. The standard InChI is InChI=1S/C9H16F2O5S.Na.H/c1-2-3-4-5-6-8(12)16-7-9(10,11)17(13,14)15;;/h2-7H2,1H3,(H,13,14,15);;/q;+1;-1. The largest absolute Gasteiger partial charge is 1.00 e. The molecule has 0 fully saturated rings. The molecule has 0 atom stereocenters. The number of carbonyl (C=O) groups is 1. The fourth-order valence-corrected chi connectivity index (χ4v) is 1.22. The Bertz CT molecular complexity index is 351. The summed E-state index contributed by atoms with van der Waals surface area (Å²) in [6.07, 6.45) is 3.14. The number of alkyl halides is 2. The second-order valence-corrected chi connectivity index (χ2v) is 5.13. The van der Waals surface area contributed by atoms with Crippen molar-refractivity contribution in [3.05, 3.63) is 0 Å². The van der Waals surface area contributed by atoms with Crippen molar-refractivity contribution in [1.29, 1.82) is 0 Å². The third kappa shape index (κ3) is 8.36. The molecular formula is C9H17F2NaO5S. The van der Waals surface area contributed by atoms with Gasteiger partial charge in [0.2, 0.25) is 0 Å². The Morgan fingerprint density at radius 2 is 1.89 bits per heavy atom. The molecular weight excluding hydrogens is 281 g/mol. The zero-order valence-corrected chi connectivity index (χ0v) is 13.3. The number of hydrogen-bond donors (Lipinski definition) is 1. The fraction of sp³-hybridized carbons (Fsp3) is 0.889. The number of halogens is 2. The minimum Gasteiger partial charge on any atom is -1.00 e. The van der Waals surface area contributed by atoms with Gasteiger partial charge in [0.25, 0.3) is 0 Å². The van der Waals surface area contributed by atoms with Crippen LogP contribution in [0.2, 0.25) is 0 Å². The molecule has 0 rings (SSSR count). The van der Waals surface area contributed by atoms with Gasteiger partial charge in [0.1, 0.15) is 0 Å². The van der Waals surface area contributed by atoms with Crippen molar-refractivity contribution < 1.29 is 62.3 Å².